The molecule has 2 aromatic carbocycles. The van der Waals surface area contributed by atoms with E-state index < -0.39 is 5.85 Å². The standard InChI is InChI=1S/C18H22FN3O/c1-20-17-16(12-8-10-13(19)11-9-12)14-6-4-5-7-15(14)23-18(17,21-2)22-3/h4-11,16-17,20-22H,1-3H3. The molecule has 4 nitrogen and oxygen atoms in total. The molecular formula is C18H22FN3O. The van der Waals surface area contributed by atoms with Crippen LogP contribution in [-0.4, -0.2) is 33.0 Å². The Morgan fingerprint density at radius 2 is 1.61 bits per heavy atom. The van der Waals surface area contributed by atoms with Crippen molar-refractivity contribution in [2.45, 2.75) is 17.8 Å². The van der Waals surface area contributed by atoms with Gasteiger partial charge in [-0.2, -0.15) is 0 Å². The molecule has 122 valence electrons. The topological polar surface area (TPSA) is 45.3 Å². The average Bonchev–Trinajstić information content (AvgIpc) is 2.60. The molecule has 0 fully saturated rings. The van der Waals surface area contributed by atoms with Crippen molar-refractivity contribution < 1.29 is 9.13 Å². The third-order valence-electron chi connectivity index (χ3n) is 4.58. The molecule has 0 radical (unpaired) electrons. The molecule has 1 heterocycles. The smallest absolute Gasteiger partial charge is 0.233 e. The molecule has 0 amide bonds. The Morgan fingerprint density at radius 1 is 0.957 bits per heavy atom. The van der Waals surface area contributed by atoms with Gasteiger partial charge >= 0.3 is 0 Å². The molecule has 3 N–H and O–H groups in total. The van der Waals surface area contributed by atoms with Crippen LogP contribution in [0.2, 0.25) is 0 Å². The van der Waals surface area contributed by atoms with E-state index in [0.717, 1.165) is 16.9 Å². The van der Waals surface area contributed by atoms with E-state index in [1.165, 1.54) is 12.1 Å². The van der Waals surface area contributed by atoms with Crippen LogP contribution in [0.25, 0.3) is 0 Å². The number of hydrogen-bond acceptors (Lipinski definition) is 4. The number of benzene rings is 2. The molecule has 0 saturated heterocycles. The predicted octanol–water partition coefficient (Wildman–Crippen LogP) is 2.03. The number of rotatable bonds is 4. The van der Waals surface area contributed by atoms with Gasteiger partial charge in [0.05, 0.1) is 6.04 Å². The van der Waals surface area contributed by atoms with Gasteiger partial charge in [-0.25, -0.2) is 4.39 Å². The molecule has 2 atom stereocenters. The zero-order valence-corrected chi connectivity index (χ0v) is 13.6. The molecule has 0 bridgehead atoms. The van der Waals surface area contributed by atoms with Crippen molar-refractivity contribution in [1.82, 2.24) is 16.0 Å². The molecule has 2 aromatic rings. The van der Waals surface area contributed by atoms with E-state index in [4.69, 9.17) is 4.74 Å². The Kier molecular flexibility index (Phi) is 4.35. The minimum absolute atomic E-state index is 0.0189. The molecule has 1 aliphatic heterocycles. The number of ether oxygens (including phenoxy) is 1. The van der Waals surface area contributed by atoms with E-state index >= 15 is 0 Å². The molecule has 0 saturated carbocycles. The zero-order valence-electron chi connectivity index (χ0n) is 13.6. The first-order chi connectivity index (χ1) is 11.1. The van der Waals surface area contributed by atoms with Gasteiger partial charge in [0.25, 0.3) is 0 Å². The fraction of sp³-hybridized carbons (Fsp3) is 0.333. The van der Waals surface area contributed by atoms with Crippen LogP contribution >= 0.6 is 0 Å². The number of halogens is 1. The van der Waals surface area contributed by atoms with Crippen LogP contribution in [0.3, 0.4) is 0 Å². The van der Waals surface area contributed by atoms with Crippen molar-refractivity contribution in [3.8, 4) is 5.75 Å². The maximum absolute atomic E-state index is 13.3. The van der Waals surface area contributed by atoms with Crippen molar-refractivity contribution in [3.63, 3.8) is 0 Å². The predicted molar refractivity (Wildman–Crippen MR) is 89.0 cm³/mol. The Morgan fingerprint density at radius 3 is 2.22 bits per heavy atom. The van der Waals surface area contributed by atoms with E-state index in [2.05, 4.69) is 22.0 Å². The third kappa shape index (κ3) is 2.61. The number of fused-ring (bicyclic) bond motifs is 1. The summed E-state index contributed by atoms with van der Waals surface area (Å²) in [5.74, 6) is -0.159. The second-order valence-corrected chi connectivity index (χ2v) is 5.67. The summed E-state index contributed by atoms with van der Waals surface area (Å²) >= 11 is 0. The van der Waals surface area contributed by atoms with E-state index in [-0.39, 0.29) is 17.8 Å². The van der Waals surface area contributed by atoms with Gasteiger partial charge in [-0.15, -0.1) is 0 Å². The van der Waals surface area contributed by atoms with Gasteiger partial charge in [-0.1, -0.05) is 30.3 Å². The molecular weight excluding hydrogens is 293 g/mol. The highest BCUT2D eigenvalue weighted by molar-refractivity contribution is 5.47. The second kappa shape index (κ2) is 6.28. The van der Waals surface area contributed by atoms with Crippen molar-refractivity contribution in [2.24, 2.45) is 0 Å². The lowest BCUT2D eigenvalue weighted by Crippen LogP contribution is -2.72. The Labute approximate surface area is 136 Å². The molecule has 5 heteroatoms. The van der Waals surface area contributed by atoms with Gasteiger partial charge in [-0.3, -0.25) is 10.6 Å². The van der Waals surface area contributed by atoms with Gasteiger partial charge in [-0.05, 0) is 44.9 Å². The average molecular weight is 315 g/mol. The lowest BCUT2D eigenvalue weighted by Gasteiger charge is -2.48. The summed E-state index contributed by atoms with van der Waals surface area (Å²) in [6.45, 7) is 0. The van der Waals surface area contributed by atoms with Crippen LogP contribution in [0.5, 0.6) is 5.75 Å². The third-order valence-corrected chi connectivity index (χ3v) is 4.58. The van der Waals surface area contributed by atoms with Crippen LogP contribution in [0.4, 0.5) is 4.39 Å². The molecule has 1 aliphatic rings. The van der Waals surface area contributed by atoms with Crippen molar-refractivity contribution in [2.75, 3.05) is 21.1 Å². The van der Waals surface area contributed by atoms with Crippen molar-refractivity contribution >= 4 is 0 Å². The maximum Gasteiger partial charge on any atom is 0.233 e. The molecule has 0 spiro atoms. The summed E-state index contributed by atoms with van der Waals surface area (Å²) in [7, 11) is 5.62. The SMILES string of the molecule is CNC1C(c2ccc(F)cc2)c2ccccc2OC1(NC)NC. The lowest BCUT2D eigenvalue weighted by atomic mass is 9.80. The first kappa shape index (κ1) is 15.9. The van der Waals surface area contributed by atoms with Crippen LogP contribution in [0.1, 0.15) is 17.0 Å². The minimum Gasteiger partial charge on any atom is -0.458 e. The fourth-order valence-electron chi connectivity index (χ4n) is 3.43. The van der Waals surface area contributed by atoms with Gasteiger partial charge in [0.15, 0.2) is 0 Å². The van der Waals surface area contributed by atoms with Crippen LogP contribution in [-0.2, 0) is 0 Å². The fourth-order valence-corrected chi connectivity index (χ4v) is 3.43. The lowest BCUT2D eigenvalue weighted by molar-refractivity contribution is -0.0397. The number of likely N-dealkylation sites (N-methyl/N-ethyl adjacent to an activating group) is 3. The van der Waals surface area contributed by atoms with E-state index in [0.29, 0.717) is 0 Å². The maximum atomic E-state index is 13.3. The molecule has 2 unspecified atom stereocenters. The highest BCUT2D eigenvalue weighted by atomic mass is 19.1. The number of nitrogens with one attached hydrogen (secondary N) is 3. The molecule has 23 heavy (non-hydrogen) atoms. The summed E-state index contributed by atoms with van der Waals surface area (Å²) in [6.07, 6.45) is 0. The van der Waals surface area contributed by atoms with Crippen LogP contribution < -0.4 is 20.7 Å². The van der Waals surface area contributed by atoms with E-state index in [1.54, 1.807) is 0 Å². The van der Waals surface area contributed by atoms with Gasteiger partial charge < -0.3 is 10.1 Å². The summed E-state index contributed by atoms with van der Waals surface area (Å²) in [5.41, 5.74) is 2.12. The van der Waals surface area contributed by atoms with Crippen molar-refractivity contribution in [1.29, 1.82) is 0 Å². The van der Waals surface area contributed by atoms with Gasteiger partial charge in [0, 0.05) is 11.5 Å². The second-order valence-electron chi connectivity index (χ2n) is 5.67. The van der Waals surface area contributed by atoms with E-state index in [9.17, 15) is 4.39 Å². The van der Waals surface area contributed by atoms with Crippen LogP contribution in [0, 0.1) is 5.82 Å². The normalized spacial score (nSPS) is 22.3. The number of hydrogen-bond donors (Lipinski definition) is 3. The first-order valence-electron chi connectivity index (χ1n) is 7.73. The van der Waals surface area contributed by atoms with Crippen LogP contribution in [0.15, 0.2) is 48.5 Å². The molecule has 0 aliphatic carbocycles. The molecule has 0 aromatic heterocycles. The van der Waals surface area contributed by atoms with E-state index in [1.807, 2.05) is 51.5 Å². The zero-order chi connectivity index (χ0) is 16.4. The first-order valence-corrected chi connectivity index (χ1v) is 7.73. The Hall–Kier alpha value is -1.95. The summed E-state index contributed by atoms with van der Waals surface area (Å²) in [4.78, 5) is 0. The quantitative estimate of drug-likeness (QED) is 0.756. The monoisotopic (exact) mass is 315 g/mol. The molecule has 3 rings (SSSR count). The largest absolute Gasteiger partial charge is 0.458 e. The highest BCUT2D eigenvalue weighted by Gasteiger charge is 2.48. The van der Waals surface area contributed by atoms with Gasteiger partial charge in [0.2, 0.25) is 5.85 Å². The minimum atomic E-state index is -0.762. The highest BCUT2D eigenvalue weighted by Crippen LogP contribution is 2.42. The Bertz CT molecular complexity index is 670. The van der Waals surface area contributed by atoms with Crippen molar-refractivity contribution in [3.05, 3.63) is 65.5 Å². The summed E-state index contributed by atoms with van der Waals surface area (Å²) in [5, 5.41) is 9.86. The summed E-state index contributed by atoms with van der Waals surface area (Å²) < 4.78 is 19.6. The van der Waals surface area contributed by atoms with Gasteiger partial charge in [0.1, 0.15) is 11.6 Å². The number of para-hydroxylation sites is 1. The summed E-state index contributed by atoms with van der Waals surface area (Å²) in [6, 6.07) is 14.6. The Balaban J connectivity index is 2.18.